The lowest BCUT2D eigenvalue weighted by Gasteiger charge is -2.37. The summed E-state index contributed by atoms with van der Waals surface area (Å²) in [6, 6.07) is -0.165. The number of hydrogen-bond donors (Lipinski definition) is 2. The standard InChI is InChI=1S/C12H19N3O3/c1-7-3-2-4-8(13)11(7)12(18)15-5-9(16)14-10(17)6-15/h7-8,11H,2-6,13H2,1H3,(H,14,16,17). The van der Waals surface area contributed by atoms with E-state index in [9.17, 15) is 14.4 Å². The SMILES string of the molecule is CC1CCCC(N)C1C(=O)N1CC(=O)NC(=O)C1. The van der Waals surface area contributed by atoms with E-state index in [-0.39, 0.29) is 36.9 Å². The fourth-order valence-corrected chi connectivity index (χ4v) is 2.89. The van der Waals surface area contributed by atoms with E-state index in [0.29, 0.717) is 0 Å². The van der Waals surface area contributed by atoms with Crippen LogP contribution in [-0.2, 0) is 14.4 Å². The van der Waals surface area contributed by atoms with Crippen LogP contribution < -0.4 is 11.1 Å². The maximum absolute atomic E-state index is 12.4. The average molecular weight is 253 g/mol. The smallest absolute Gasteiger partial charge is 0.246 e. The normalized spacial score (nSPS) is 33.2. The van der Waals surface area contributed by atoms with Crippen molar-refractivity contribution in [2.45, 2.75) is 32.2 Å². The first-order chi connectivity index (χ1) is 8.49. The van der Waals surface area contributed by atoms with Gasteiger partial charge in [0.05, 0.1) is 5.92 Å². The molecule has 1 aliphatic heterocycles. The zero-order valence-corrected chi connectivity index (χ0v) is 10.5. The molecule has 2 rings (SSSR count). The predicted octanol–water partition coefficient (Wildman–Crippen LogP) is -0.765. The van der Waals surface area contributed by atoms with Gasteiger partial charge in [-0.25, -0.2) is 0 Å². The minimum absolute atomic E-state index is 0.0412. The molecule has 3 amide bonds. The van der Waals surface area contributed by atoms with Crippen molar-refractivity contribution in [3.05, 3.63) is 0 Å². The highest BCUT2D eigenvalue weighted by Gasteiger charge is 2.38. The van der Waals surface area contributed by atoms with Gasteiger partial charge in [0.2, 0.25) is 17.7 Å². The maximum atomic E-state index is 12.4. The highest BCUT2D eigenvalue weighted by molar-refractivity contribution is 6.02. The van der Waals surface area contributed by atoms with Crippen molar-refractivity contribution in [3.63, 3.8) is 0 Å². The molecule has 1 heterocycles. The molecular weight excluding hydrogens is 234 g/mol. The third-order valence-corrected chi connectivity index (χ3v) is 3.82. The Labute approximate surface area is 106 Å². The van der Waals surface area contributed by atoms with Crippen LogP contribution >= 0.6 is 0 Å². The van der Waals surface area contributed by atoms with Crippen LogP contribution in [0, 0.1) is 11.8 Å². The number of carbonyl (C=O) groups excluding carboxylic acids is 3. The van der Waals surface area contributed by atoms with Crippen molar-refractivity contribution >= 4 is 17.7 Å². The lowest BCUT2D eigenvalue weighted by atomic mass is 9.76. The van der Waals surface area contributed by atoms with Crippen molar-refractivity contribution < 1.29 is 14.4 Å². The van der Waals surface area contributed by atoms with E-state index in [4.69, 9.17) is 5.73 Å². The highest BCUT2D eigenvalue weighted by atomic mass is 16.2. The van der Waals surface area contributed by atoms with Crippen LogP contribution in [0.3, 0.4) is 0 Å². The van der Waals surface area contributed by atoms with Crippen molar-refractivity contribution in [1.29, 1.82) is 0 Å². The van der Waals surface area contributed by atoms with Crippen LogP contribution in [0.15, 0.2) is 0 Å². The third kappa shape index (κ3) is 2.53. The minimum Gasteiger partial charge on any atom is -0.327 e. The van der Waals surface area contributed by atoms with Crippen LogP contribution in [0.25, 0.3) is 0 Å². The van der Waals surface area contributed by atoms with Crippen molar-refractivity contribution in [3.8, 4) is 0 Å². The van der Waals surface area contributed by atoms with E-state index in [0.717, 1.165) is 19.3 Å². The molecule has 3 unspecified atom stereocenters. The largest absolute Gasteiger partial charge is 0.327 e. The molecule has 2 fully saturated rings. The van der Waals surface area contributed by atoms with Crippen molar-refractivity contribution in [1.82, 2.24) is 10.2 Å². The molecule has 1 aliphatic carbocycles. The van der Waals surface area contributed by atoms with E-state index in [2.05, 4.69) is 5.32 Å². The molecule has 3 atom stereocenters. The summed E-state index contributed by atoms with van der Waals surface area (Å²) < 4.78 is 0. The van der Waals surface area contributed by atoms with Crippen LogP contribution in [0.4, 0.5) is 0 Å². The lowest BCUT2D eigenvalue weighted by Crippen LogP contribution is -2.57. The summed E-state index contributed by atoms with van der Waals surface area (Å²) in [5.74, 6) is -1.05. The molecule has 0 bridgehead atoms. The average Bonchev–Trinajstić information content (AvgIpc) is 2.27. The molecule has 0 aromatic rings. The Hall–Kier alpha value is -1.43. The molecule has 0 spiro atoms. The number of hydrogen-bond acceptors (Lipinski definition) is 4. The van der Waals surface area contributed by atoms with Crippen LogP contribution in [0.2, 0.25) is 0 Å². The van der Waals surface area contributed by atoms with E-state index in [1.54, 1.807) is 0 Å². The number of nitrogens with one attached hydrogen (secondary N) is 1. The Bertz CT molecular complexity index is 357. The van der Waals surface area contributed by atoms with Gasteiger partial charge in [-0.05, 0) is 18.8 Å². The van der Waals surface area contributed by atoms with Crippen LogP contribution in [0.1, 0.15) is 26.2 Å². The van der Waals surface area contributed by atoms with Gasteiger partial charge in [-0.3, -0.25) is 19.7 Å². The zero-order chi connectivity index (χ0) is 13.3. The third-order valence-electron chi connectivity index (χ3n) is 3.82. The molecule has 1 saturated heterocycles. The van der Waals surface area contributed by atoms with E-state index >= 15 is 0 Å². The van der Waals surface area contributed by atoms with Gasteiger partial charge in [0, 0.05) is 6.04 Å². The van der Waals surface area contributed by atoms with Gasteiger partial charge in [-0.15, -0.1) is 0 Å². The quantitative estimate of drug-likeness (QED) is 0.600. The molecule has 18 heavy (non-hydrogen) atoms. The molecule has 0 aromatic heterocycles. The van der Waals surface area contributed by atoms with Crippen molar-refractivity contribution in [2.24, 2.45) is 17.6 Å². The van der Waals surface area contributed by atoms with Gasteiger partial charge in [0.25, 0.3) is 0 Å². The number of amides is 3. The summed E-state index contributed by atoms with van der Waals surface area (Å²) in [6.45, 7) is 1.93. The lowest BCUT2D eigenvalue weighted by molar-refractivity contribution is -0.149. The fraction of sp³-hybridized carbons (Fsp3) is 0.750. The Morgan fingerprint density at radius 3 is 2.44 bits per heavy atom. The molecule has 2 aliphatic rings. The number of carbonyl (C=O) groups is 3. The molecule has 6 heteroatoms. The summed E-state index contributed by atoms with van der Waals surface area (Å²) in [6.07, 6.45) is 2.83. The maximum Gasteiger partial charge on any atom is 0.246 e. The van der Waals surface area contributed by atoms with Gasteiger partial charge in [-0.1, -0.05) is 13.3 Å². The fourth-order valence-electron chi connectivity index (χ4n) is 2.89. The number of imide groups is 1. The Balaban J connectivity index is 2.09. The first-order valence-corrected chi connectivity index (χ1v) is 6.36. The topological polar surface area (TPSA) is 92.5 Å². The van der Waals surface area contributed by atoms with Crippen molar-refractivity contribution in [2.75, 3.05) is 13.1 Å². The second kappa shape index (κ2) is 5.06. The Morgan fingerprint density at radius 2 is 1.89 bits per heavy atom. The highest BCUT2D eigenvalue weighted by Crippen LogP contribution is 2.30. The molecule has 0 aromatic carbocycles. The van der Waals surface area contributed by atoms with Crippen LogP contribution in [0.5, 0.6) is 0 Å². The summed E-state index contributed by atoms with van der Waals surface area (Å²) in [7, 11) is 0. The van der Waals surface area contributed by atoms with E-state index in [1.165, 1.54) is 4.90 Å². The van der Waals surface area contributed by atoms with Gasteiger partial charge >= 0.3 is 0 Å². The second-order valence-corrected chi connectivity index (χ2v) is 5.26. The van der Waals surface area contributed by atoms with E-state index in [1.807, 2.05) is 6.92 Å². The summed E-state index contributed by atoms with van der Waals surface area (Å²) in [5, 5.41) is 2.19. The molecular formula is C12H19N3O3. The minimum atomic E-state index is -0.420. The number of piperazine rings is 1. The Kier molecular flexibility index (Phi) is 3.65. The first-order valence-electron chi connectivity index (χ1n) is 6.36. The summed E-state index contributed by atoms with van der Waals surface area (Å²) >= 11 is 0. The van der Waals surface area contributed by atoms with Gasteiger partial charge in [0.15, 0.2) is 0 Å². The van der Waals surface area contributed by atoms with Crippen LogP contribution in [-0.4, -0.2) is 41.8 Å². The van der Waals surface area contributed by atoms with Gasteiger partial charge < -0.3 is 10.6 Å². The number of nitrogens with two attached hydrogens (primary N) is 1. The summed E-state index contributed by atoms with van der Waals surface area (Å²) in [4.78, 5) is 36.3. The van der Waals surface area contributed by atoms with Gasteiger partial charge in [-0.2, -0.15) is 0 Å². The molecule has 100 valence electrons. The summed E-state index contributed by atoms with van der Waals surface area (Å²) in [5.41, 5.74) is 6.01. The first kappa shape index (κ1) is 13.0. The molecule has 6 nitrogen and oxygen atoms in total. The van der Waals surface area contributed by atoms with Gasteiger partial charge in [0.1, 0.15) is 13.1 Å². The second-order valence-electron chi connectivity index (χ2n) is 5.26. The molecule has 0 radical (unpaired) electrons. The number of rotatable bonds is 1. The number of nitrogens with zero attached hydrogens (tertiary/aromatic N) is 1. The Morgan fingerprint density at radius 1 is 1.28 bits per heavy atom. The molecule has 1 saturated carbocycles. The van der Waals surface area contributed by atoms with E-state index < -0.39 is 11.8 Å². The molecule has 3 N–H and O–H groups in total. The zero-order valence-electron chi connectivity index (χ0n) is 10.5. The monoisotopic (exact) mass is 253 g/mol. The predicted molar refractivity (Wildman–Crippen MR) is 64.2 cm³/mol.